The molecule has 5 rings (SSSR count). The second-order valence-electron chi connectivity index (χ2n) is 9.05. The molecule has 0 radical (unpaired) electrons. The number of aromatic nitrogens is 3. The molecule has 6 nitrogen and oxygen atoms in total. The summed E-state index contributed by atoms with van der Waals surface area (Å²) in [7, 11) is 1.60. The third-order valence-corrected chi connectivity index (χ3v) is 7.18. The third-order valence-electron chi connectivity index (χ3n) is 6.94. The molecule has 1 N–H and O–H groups in total. The fourth-order valence-electron chi connectivity index (χ4n) is 5.16. The highest BCUT2D eigenvalue weighted by Crippen LogP contribution is 2.32. The minimum Gasteiger partial charge on any atom is -0.497 e. The van der Waals surface area contributed by atoms with Crippen LogP contribution in [0.1, 0.15) is 65.5 Å². The third kappa shape index (κ3) is 4.07. The van der Waals surface area contributed by atoms with E-state index in [1.807, 2.05) is 19.1 Å². The average molecular weight is 478 g/mol. The van der Waals surface area contributed by atoms with Crippen molar-refractivity contribution in [2.75, 3.05) is 7.11 Å². The van der Waals surface area contributed by atoms with E-state index in [0.29, 0.717) is 22.8 Å². The predicted octanol–water partition coefficient (Wildman–Crippen LogP) is 5.89. The summed E-state index contributed by atoms with van der Waals surface area (Å²) in [5, 5.41) is 4.87. The zero-order chi connectivity index (χ0) is 23.8. The first-order valence-electron chi connectivity index (χ1n) is 11.7. The highest BCUT2D eigenvalue weighted by atomic mass is 35.5. The topological polar surface area (TPSA) is 69.0 Å². The van der Waals surface area contributed by atoms with E-state index < -0.39 is 0 Å². The molecule has 2 aromatic heterocycles. The summed E-state index contributed by atoms with van der Waals surface area (Å²) in [5.41, 5.74) is 4.04. The van der Waals surface area contributed by atoms with E-state index in [-0.39, 0.29) is 17.5 Å². The molecule has 0 atom stereocenters. The zero-order valence-corrected chi connectivity index (χ0v) is 20.2. The van der Waals surface area contributed by atoms with Gasteiger partial charge in [0.2, 0.25) is 0 Å². The molecule has 0 aliphatic heterocycles. The molecule has 2 aromatic carbocycles. The van der Waals surface area contributed by atoms with Crippen LogP contribution >= 0.6 is 11.6 Å². The number of benzene rings is 2. The van der Waals surface area contributed by atoms with Gasteiger partial charge in [-0.15, -0.1) is 0 Å². The Morgan fingerprint density at radius 3 is 2.53 bits per heavy atom. The Bertz CT molecular complexity index is 1410. The van der Waals surface area contributed by atoms with Crippen LogP contribution in [-0.2, 0) is 6.42 Å². The van der Waals surface area contributed by atoms with Gasteiger partial charge in [0, 0.05) is 39.8 Å². The van der Waals surface area contributed by atoms with E-state index in [1.54, 1.807) is 52.8 Å². The molecule has 1 aliphatic carbocycles. The molecule has 0 amide bonds. The highest BCUT2D eigenvalue weighted by molar-refractivity contribution is 6.31. The van der Waals surface area contributed by atoms with Crippen molar-refractivity contribution in [3.05, 3.63) is 86.4 Å². The first-order valence-corrected chi connectivity index (χ1v) is 12.1. The van der Waals surface area contributed by atoms with Crippen LogP contribution in [0.15, 0.2) is 53.3 Å². The molecule has 0 bridgehead atoms. The Balaban J connectivity index is 1.55. The van der Waals surface area contributed by atoms with Crippen molar-refractivity contribution in [1.82, 2.24) is 14.3 Å². The van der Waals surface area contributed by atoms with Crippen LogP contribution in [0.5, 0.6) is 5.75 Å². The number of nitrogens with one attached hydrogen (secondary N) is 1. The Kier molecular flexibility index (Phi) is 6.09. The second kappa shape index (κ2) is 9.18. The summed E-state index contributed by atoms with van der Waals surface area (Å²) >= 11 is 6.35. The lowest BCUT2D eigenvalue weighted by Gasteiger charge is -2.22. The smallest absolute Gasteiger partial charge is 0.266 e. The Morgan fingerprint density at radius 1 is 1.09 bits per heavy atom. The maximum Gasteiger partial charge on any atom is 0.266 e. The van der Waals surface area contributed by atoms with Gasteiger partial charge in [-0.25, -0.2) is 4.68 Å². The fraction of sp³-hybridized carbons (Fsp3) is 0.333. The number of rotatable bonds is 5. The van der Waals surface area contributed by atoms with Crippen molar-refractivity contribution in [3.63, 3.8) is 0 Å². The van der Waals surface area contributed by atoms with Crippen LogP contribution in [0.4, 0.5) is 0 Å². The molecule has 1 aliphatic rings. The van der Waals surface area contributed by atoms with Gasteiger partial charge in [0.25, 0.3) is 11.5 Å². The SMILES string of the molecule is COc1ccc(C(=O)n2c(C)c(Cc3cc(=O)n(C4CCCCC4)[nH]3)c3cc(Cl)ccc32)cc1. The summed E-state index contributed by atoms with van der Waals surface area (Å²) in [5.74, 6) is 0.580. The van der Waals surface area contributed by atoms with Crippen LogP contribution in [0.2, 0.25) is 5.02 Å². The monoisotopic (exact) mass is 477 g/mol. The van der Waals surface area contributed by atoms with Gasteiger partial charge in [0.1, 0.15) is 5.75 Å². The number of nitrogens with zero attached hydrogens (tertiary/aromatic N) is 2. The number of carbonyl (C=O) groups is 1. The number of hydrogen-bond donors (Lipinski definition) is 1. The first kappa shape index (κ1) is 22.5. The summed E-state index contributed by atoms with van der Waals surface area (Å²) < 4.78 is 8.75. The van der Waals surface area contributed by atoms with Gasteiger partial charge in [0.05, 0.1) is 18.7 Å². The fourth-order valence-corrected chi connectivity index (χ4v) is 5.33. The van der Waals surface area contributed by atoms with Crippen molar-refractivity contribution < 1.29 is 9.53 Å². The summed E-state index contributed by atoms with van der Waals surface area (Å²) in [6, 6.07) is 14.6. The maximum absolute atomic E-state index is 13.5. The molecule has 0 unspecified atom stereocenters. The van der Waals surface area contributed by atoms with Crippen LogP contribution in [0.25, 0.3) is 10.9 Å². The number of hydrogen-bond acceptors (Lipinski definition) is 3. The lowest BCUT2D eigenvalue weighted by Crippen LogP contribution is -2.23. The Labute approximate surface area is 203 Å². The molecular formula is C27H28ClN3O3. The molecule has 1 saturated carbocycles. The number of carbonyl (C=O) groups excluding carboxylic acids is 1. The van der Waals surface area contributed by atoms with Gasteiger partial charge in [-0.3, -0.25) is 19.3 Å². The number of halogens is 1. The normalized spacial score (nSPS) is 14.6. The standard InChI is InChI=1S/C27H28ClN3O3/c1-17-23(15-20-16-26(32)31(29-20)21-6-4-3-5-7-21)24-14-19(28)10-13-25(24)30(17)27(33)18-8-11-22(34-2)12-9-18/h8-14,16,21,29H,3-7,15H2,1-2H3. The van der Waals surface area contributed by atoms with Gasteiger partial charge >= 0.3 is 0 Å². The van der Waals surface area contributed by atoms with E-state index in [2.05, 4.69) is 5.10 Å². The highest BCUT2D eigenvalue weighted by Gasteiger charge is 2.22. The van der Waals surface area contributed by atoms with E-state index in [1.165, 1.54) is 6.42 Å². The lowest BCUT2D eigenvalue weighted by molar-refractivity contribution is 0.0963. The van der Waals surface area contributed by atoms with Gasteiger partial charge in [-0.05, 0) is 67.8 Å². The summed E-state index contributed by atoms with van der Waals surface area (Å²) in [6.45, 7) is 1.95. The quantitative estimate of drug-likeness (QED) is 0.390. The van der Waals surface area contributed by atoms with Gasteiger partial charge < -0.3 is 4.74 Å². The Hall–Kier alpha value is -3.25. The number of ether oxygens (including phenoxy) is 1. The maximum atomic E-state index is 13.5. The molecule has 7 heteroatoms. The van der Waals surface area contributed by atoms with Crippen molar-refractivity contribution in [3.8, 4) is 5.75 Å². The van der Waals surface area contributed by atoms with Gasteiger partial charge in [-0.2, -0.15) is 0 Å². The number of aromatic amines is 1. The average Bonchev–Trinajstić information content (AvgIpc) is 3.36. The number of fused-ring (bicyclic) bond motifs is 1. The van der Waals surface area contributed by atoms with Crippen molar-refractivity contribution in [2.24, 2.45) is 0 Å². The van der Waals surface area contributed by atoms with Crippen LogP contribution in [0.3, 0.4) is 0 Å². The van der Waals surface area contributed by atoms with Gasteiger partial charge in [-0.1, -0.05) is 30.9 Å². The largest absolute Gasteiger partial charge is 0.497 e. The summed E-state index contributed by atoms with van der Waals surface area (Å²) in [6.07, 6.45) is 6.13. The minimum absolute atomic E-state index is 0.00985. The number of methoxy groups -OCH3 is 1. The van der Waals surface area contributed by atoms with Crippen LogP contribution < -0.4 is 10.3 Å². The molecule has 1 fully saturated rings. The molecule has 2 heterocycles. The van der Waals surface area contributed by atoms with Crippen molar-refractivity contribution in [1.29, 1.82) is 0 Å². The van der Waals surface area contributed by atoms with E-state index in [4.69, 9.17) is 16.3 Å². The Morgan fingerprint density at radius 2 is 1.82 bits per heavy atom. The lowest BCUT2D eigenvalue weighted by atomic mass is 9.96. The van der Waals surface area contributed by atoms with E-state index >= 15 is 0 Å². The zero-order valence-electron chi connectivity index (χ0n) is 19.4. The molecule has 0 spiro atoms. The van der Waals surface area contributed by atoms with E-state index in [9.17, 15) is 9.59 Å². The van der Waals surface area contributed by atoms with Gasteiger partial charge in [0.15, 0.2) is 0 Å². The minimum atomic E-state index is -0.119. The molecule has 34 heavy (non-hydrogen) atoms. The molecular weight excluding hydrogens is 450 g/mol. The molecule has 0 saturated heterocycles. The predicted molar refractivity (Wildman–Crippen MR) is 134 cm³/mol. The number of H-pyrrole nitrogens is 1. The van der Waals surface area contributed by atoms with Crippen LogP contribution in [-0.4, -0.2) is 27.4 Å². The summed E-state index contributed by atoms with van der Waals surface area (Å²) in [4.78, 5) is 26.2. The van der Waals surface area contributed by atoms with Crippen molar-refractivity contribution in [2.45, 2.75) is 51.5 Å². The van der Waals surface area contributed by atoms with Crippen LogP contribution in [0, 0.1) is 6.92 Å². The first-order chi connectivity index (χ1) is 16.5. The second-order valence-corrected chi connectivity index (χ2v) is 9.49. The molecule has 4 aromatic rings. The van der Waals surface area contributed by atoms with Crippen molar-refractivity contribution >= 4 is 28.4 Å². The van der Waals surface area contributed by atoms with E-state index in [0.717, 1.165) is 53.5 Å². The molecule has 176 valence electrons.